The van der Waals surface area contributed by atoms with E-state index in [0.717, 1.165) is 19.3 Å². The summed E-state index contributed by atoms with van der Waals surface area (Å²) in [6.45, 7) is 3.85. The molecule has 0 radical (unpaired) electrons. The summed E-state index contributed by atoms with van der Waals surface area (Å²) >= 11 is 0. The standard InChI is InChI=1S/C10H17NO3/c1-2-4-10(13)6-11(7-10)8-3-5-14-9(8)12/h8,13H,2-7H2,1H3. The Kier molecular flexibility index (Phi) is 2.49. The zero-order valence-electron chi connectivity index (χ0n) is 8.53. The molecular weight excluding hydrogens is 182 g/mol. The lowest BCUT2D eigenvalue weighted by atomic mass is 9.87. The molecule has 4 nitrogen and oxygen atoms in total. The molecule has 2 rings (SSSR count). The van der Waals surface area contributed by atoms with Crippen LogP contribution in [-0.2, 0) is 9.53 Å². The van der Waals surface area contributed by atoms with Crippen molar-refractivity contribution in [3.8, 4) is 0 Å². The van der Waals surface area contributed by atoms with Crippen molar-refractivity contribution in [3.63, 3.8) is 0 Å². The number of ether oxygens (including phenoxy) is 1. The molecule has 4 heteroatoms. The molecular formula is C10H17NO3. The molecule has 0 spiro atoms. The van der Waals surface area contributed by atoms with E-state index < -0.39 is 5.60 Å². The van der Waals surface area contributed by atoms with E-state index in [0.29, 0.717) is 19.7 Å². The van der Waals surface area contributed by atoms with Crippen LogP contribution in [0.15, 0.2) is 0 Å². The monoisotopic (exact) mass is 199 g/mol. The van der Waals surface area contributed by atoms with Crippen molar-refractivity contribution < 1.29 is 14.6 Å². The molecule has 0 bridgehead atoms. The molecule has 1 atom stereocenters. The molecule has 0 aliphatic carbocycles. The van der Waals surface area contributed by atoms with Crippen LogP contribution in [0.4, 0.5) is 0 Å². The Bertz CT molecular complexity index is 236. The van der Waals surface area contributed by atoms with Crippen molar-refractivity contribution in [2.75, 3.05) is 19.7 Å². The van der Waals surface area contributed by atoms with Gasteiger partial charge in [-0.1, -0.05) is 13.3 Å². The molecule has 2 aliphatic rings. The van der Waals surface area contributed by atoms with Crippen molar-refractivity contribution in [2.24, 2.45) is 0 Å². The van der Waals surface area contributed by atoms with Gasteiger partial charge in [0.15, 0.2) is 0 Å². The molecule has 0 aromatic rings. The molecule has 2 fully saturated rings. The quantitative estimate of drug-likeness (QED) is 0.657. The minimum atomic E-state index is -0.544. The molecule has 0 aromatic heterocycles. The molecule has 2 aliphatic heterocycles. The second-order valence-corrected chi connectivity index (χ2v) is 4.35. The highest BCUT2D eigenvalue weighted by atomic mass is 16.5. The molecule has 0 aromatic carbocycles. The van der Waals surface area contributed by atoms with Gasteiger partial charge in [-0.25, -0.2) is 0 Å². The summed E-state index contributed by atoms with van der Waals surface area (Å²) in [5.41, 5.74) is -0.544. The number of esters is 1. The van der Waals surface area contributed by atoms with Gasteiger partial charge in [0.1, 0.15) is 6.04 Å². The van der Waals surface area contributed by atoms with Gasteiger partial charge in [0, 0.05) is 19.5 Å². The highest BCUT2D eigenvalue weighted by Crippen LogP contribution is 2.30. The molecule has 2 heterocycles. The first-order valence-electron chi connectivity index (χ1n) is 5.28. The Balaban J connectivity index is 1.84. The number of β-amino-alcohol motifs (C(OH)–C–C–N with tert-alkyl or cyclic N) is 1. The van der Waals surface area contributed by atoms with Gasteiger partial charge in [-0.05, 0) is 6.42 Å². The average Bonchev–Trinajstić information content (AvgIpc) is 2.47. The van der Waals surface area contributed by atoms with Gasteiger partial charge in [-0.2, -0.15) is 0 Å². The van der Waals surface area contributed by atoms with Crippen LogP contribution in [0.3, 0.4) is 0 Å². The van der Waals surface area contributed by atoms with Crippen LogP contribution >= 0.6 is 0 Å². The molecule has 1 unspecified atom stereocenters. The van der Waals surface area contributed by atoms with E-state index in [1.807, 2.05) is 4.90 Å². The predicted molar refractivity (Wildman–Crippen MR) is 50.8 cm³/mol. The van der Waals surface area contributed by atoms with Crippen LogP contribution in [0.1, 0.15) is 26.2 Å². The van der Waals surface area contributed by atoms with Crippen molar-refractivity contribution in [2.45, 2.75) is 37.8 Å². The third-order valence-corrected chi connectivity index (χ3v) is 3.06. The second-order valence-electron chi connectivity index (χ2n) is 4.35. The van der Waals surface area contributed by atoms with Gasteiger partial charge in [0.25, 0.3) is 0 Å². The Morgan fingerprint density at radius 2 is 2.36 bits per heavy atom. The summed E-state index contributed by atoms with van der Waals surface area (Å²) in [5.74, 6) is -0.122. The first-order chi connectivity index (χ1) is 6.64. The fourth-order valence-electron chi connectivity index (χ4n) is 2.37. The lowest BCUT2D eigenvalue weighted by Gasteiger charge is -2.48. The zero-order chi connectivity index (χ0) is 10.2. The van der Waals surface area contributed by atoms with E-state index in [1.54, 1.807) is 0 Å². The molecule has 14 heavy (non-hydrogen) atoms. The highest BCUT2D eigenvalue weighted by molar-refractivity contribution is 5.77. The van der Waals surface area contributed by atoms with Crippen molar-refractivity contribution in [1.82, 2.24) is 4.90 Å². The van der Waals surface area contributed by atoms with Crippen molar-refractivity contribution in [3.05, 3.63) is 0 Å². The lowest BCUT2D eigenvalue weighted by molar-refractivity contribution is -0.154. The highest BCUT2D eigenvalue weighted by Gasteiger charge is 2.46. The number of carbonyl (C=O) groups excluding carboxylic acids is 1. The Labute approximate surface area is 83.8 Å². The maximum absolute atomic E-state index is 11.2. The van der Waals surface area contributed by atoms with Crippen LogP contribution in [0.2, 0.25) is 0 Å². The minimum absolute atomic E-state index is 0.0906. The lowest BCUT2D eigenvalue weighted by Crippen LogP contribution is -2.65. The summed E-state index contributed by atoms with van der Waals surface area (Å²) in [4.78, 5) is 13.3. The van der Waals surface area contributed by atoms with Crippen molar-refractivity contribution >= 4 is 5.97 Å². The summed E-state index contributed by atoms with van der Waals surface area (Å²) in [7, 11) is 0. The largest absolute Gasteiger partial charge is 0.464 e. The fraction of sp³-hybridized carbons (Fsp3) is 0.900. The summed E-state index contributed by atoms with van der Waals surface area (Å²) in [6.07, 6.45) is 2.59. The SMILES string of the molecule is CCCC1(O)CN(C2CCOC2=O)C1. The van der Waals surface area contributed by atoms with Crippen LogP contribution in [0.5, 0.6) is 0 Å². The molecule has 2 saturated heterocycles. The van der Waals surface area contributed by atoms with Gasteiger partial charge in [0.2, 0.25) is 0 Å². The Morgan fingerprint density at radius 1 is 1.64 bits per heavy atom. The predicted octanol–water partition coefficient (Wildman–Crippen LogP) is 0.149. The fourth-order valence-corrected chi connectivity index (χ4v) is 2.37. The van der Waals surface area contributed by atoms with Gasteiger partial charge < -0.3 is 9.84 Å². The summed E-state index contributed by atoms with van der Waals surface area (Å²) in [6, 6.07) is -0.0906. The van der Waals surface area contributed by atoms with E-state index in [1.165, 1.54) is 0 Å². The van der Waals surface area contributed by atoms with Gasteiger partial charge in [-0.15, -0.1) is 0 Å². The maximum atomic E-state index is 11.2. The first-order valence-corrected chi connectivity index (χ1v) is 5.28. The maximum Gasteiger partial charge on any atom is 0.323 e. The Morgan fingerprint density at radius 3 is 2.86 bits per heavy atom. The number of likely N-dealkylation sites (tertiary alicyclic amines) is 1. The van der Waals surface area contributed by atoms with E-state index in [2.05, 4.69) is 6.92 Å². The molecule has 1 N–H and O–H groups in total. The number of rotatable bonds is 3. The number of cyclic esters (lactones) is 1. The van der Waals surface area contributed by atoms with E-state index in [-0.39, 0.29) is 12.0 Å². The number of carbonyl (C=O) groups is 1. The third kappa shape index (κ3) is 1.64. The second kappa shape index (κ2) is 3.51. The Hall–Kier alpha value is -0.610. The summed E-state index contributed by atoms with van der Waals surface area (Å²) in [5, 5.41) is 9.93. The van der Waals surface area contributed by atoms with E-state index >= 15 is 0 Å². The molecule has 0 saturated carbocycles. The number of nitrogens with zero attached hydrogens (tertiary/aromatic N) is 1. The van der Waals surface area contributed by atoms with E-state index in [4.69, 9.17) is 4.74 Å². The first kappa shape index (κ1) is 9.93. The number of hydrogen-bond acceptors (Lipinski definition) is 4. The molecule has 0 amide bonds. The van der Waals surface area contributed by atoms with Crippen LogP contribution in [0.25, 0.3) is 0 Å². The van der Waals surface area contributed by atoms with Crippen molar-refractivity contribution in [1.29, 1.82) is 0 Å². The van der Waals surface area contributed by atoms with Gasteiger partial charge in [-0.3, -0.25) is 9.69 Å². The van der Waals surface area contributed by atoms with Crippen LogP contribution in [0, 0.1) is 0 Å². The number of aliphatic hydroxyl groups is 1. The van der Waals surface area contributed by atoms with Gasteiger partial charge in [0.05, 0.1) is 12.2 Å². The zero-order valence-corrected chi connectivity index (χ0v) is 8.53. The average molecular weight is 199 g/mol. The summed E-state index contributed by atoms with van der Waals surface area (Å²) < 4.78 is 4.89. The normalized spacial score (nSPS) is 31.3. The molecule has 80 valence electrons. The van der Waals surface area contributed by atoms with E-state index in [9.17, 15) is 9.90 Å². The minimum Gasteiger partial charge on any atom is -0.464 e. The van der Waals surface area contributed by atoms with Gasteiger partial charge >= 0.3 is 5.97 Å². The smallest absolute Gasteiger partial charge is 0.323 e. The van der Waals surface area contributed by atoms with Crippen LogP contribution in [-0.4, -0.2) is 47.3 Å². The topological polar surface area (TPSA) is 49.8 Å². The number of hydrogen-bond donors (Lipinski definition) is 1. The third-order valence-electron chi connectivity index (χ3n) is 3.06. The van der Waals surface area contributed by atoms with Crippen LogP contribution < -0.4 is 0 Å².